The Bertz CT molecular complexity index is 398. The summed E-state index contributed by atoms with van der Waals surface area (Å²) in [7, 11) is 0. The molecule has 6 heteroatoms. The minimum Gasteiger partial charge on any atom is -0.480 e. The van der Waals surface area contributed by atoms with Crippen LogP contribution in [0.4, 0.5) is 4.79 Å². The number of thioether (sulfide) groups is 1. The predicted molar refractivity (Wildman–Crippen MR) is 77.8 cm³/mol. The lowest BCUT2D eigenvalue weighted by Crippen LogP contribution is -2.52. The summed E-state index contributed by atoms with van der Waals surface area (Å²) in [5.74, 6) is -0.506. The Kier molecular flexibility index (Phi) is 4.23. The fraction of sp³-hybridized carbons (Fsp3) is 0.857. The third-order valence-electron chi connectivity index (χ3n) is 3.86. The molecule has 5 nitrogen and oxygen atoms in total. The number of nitrogens with zero attached hydrogens (tertiary/aromatic N) is 1. The molecule has 1 aliphatic carbocycles. The minimum absolute atomic E-state index is 0.318. The molecule has 2 fully saturated rings. The Morgan fingerprint density at radius 1 is 1.25 bits per heavy atom. The van der Waals surface area contributed by atoms with Gasteiger partial charge in [-0.25, -0.2) is 9.59 Å². The van der Waals surface area contributed by atoms with Crippen molar-refractivity contribution in [3.05, 3.63) is 0 Å². The van der Waals surface area contributed by atoms with Crippen LogP contribution in [0.3, 0.4) is 0 Å². The number of carboxylic acids is 1. The van der Waals surface area contributed by atoms with E-state index in [0.29, 0.717) is 5.88 Å². The van der Waals surface area contributed by atoms with Crippen LogP contribution >= 0.6 is 11.8 Å². The molecule has 1 atom stereocenters. The van der Waals surface area contributed by atoms with Crippen molar-refractivity contribution in [3.63, 3.8) is 0 Å². The topological polar surface area (TPSA) is 66.8 Å². The Morgan fingerprint density at radius 2 is 1.85 bits per heavy atom. The molecule has 1 saturated heterocycles. The number of hydrogen-bond donors (Lipinski definition) is 1. The summed E-state index contributed by atoms with van der Waals surface area (Å²) >= 11 is 1.61. The van der Waals surface area contributed by atoms with Gasteiger partial charge in [-0.3, -0.25) is 4.90 Å². The summed E-state index contributed by atoms with van der Waals surface area (Å²) in [6.45, 7) is 5.38. The average Bonchev–Trinajstić information content (AvgIpc) is 2.67. The van der Waals surface area contributed by atoms with Crippen molar-refractivity contribution >= 4 is 23.8 Å². The first-order valence-corrected chi connectivity index (χ1v) is 8.10. The van der Waals surface area contributed by atoms with Gasteiger partial charge in [-0.15, -0.1) is 11.8 Å². The van der Waals surface area contributed by atoms with E-state index in [1.165, 1.54) is 4.90 Å². The van der Waals surface area contributed by atoms with Gasteiger partial charge in [0.25, 0.3) is 0 Å². The third-order valence-corrected chi connectivity index (χ3v) is 5.48. The molecule has 1 N–H and O–H groups in total. The number of rotatable bonds is 1. The zero-order valence-electron chi connectivity index (χ0n) is 12.3. The molecule has 2 rings (SSSR count). The second kappa shape index (κ2) is 5.47. The second-order valence-electron chi connectivity index (χ2n) is 6.59. The minimum atomic E-state index is -0.914. The first-order chi connectivity index (χ1) is 9.25. The quantitative estimate of drug-likeness (QED) is 0.806. The fourth-order valence-corrected chi connectivity index (χ4v) is 4.65. The highest BCUT2D eigenvalue weighted by atomic mass is 32.2. The van der Waals surface area contributed by atoms with Crippen LogP contribution in [0.1, 0.15) is 52.9 Å². The number of aliphatic carboxylic acids is 1. The van der Waals surface area contributed by atoms with Crippen LogP contribution in [0.2, 0.25) is 0 Å². The standard InChI is InChI=1S/C14H23NO4S/c1-13(2,3)19-12(18)15-9-20-14(10(15)11(16)17)7-5-4-6-8-14/h10H,4-9H2,1-3H3,(H,16,17)/t10-/m0/s1. The van der Waals surface area contributed by atoms with Crippen LogP contribution < -0.4 is 0 Å². The molecule has 0 aromatic rings. The van der Waals surface area contributed by atoms with E-state index < -0.39 is 23.7 Å². The summed E-state index contributed by atoms with van der Waals surface area (Å²) in [6, 6.07) is -0.761. The van der Waals surface area contributed by atoms with E-state index in [1.54, 1.807) is 32.5 Å². The summed E-state index contributed by atoms with van der Waals surface area (Å²) < 4.78 is 5.03. The zero-order chi connectivity index (χ0) is 15.0. The predicted octanol–water partition coefficient (Wildman–Crippen LogP) is 3.08. The van der Waals surface area contributed by atoms with Gasteiger partial charge in [0, 0.05) is 4.75 Å². The van der Waals surface area contributed by atoms with Gasteiger partial charge in [-0.1, -0.05) is 19.3 Å². The van der Waals surface area contributed by atoms with Crippen molar-refractivity contribution < 1.29 is 19.4 Å². The maximum absolute atomic E-state index is 12.2. The Balaban J connectivity index is 2.18. The maximum atomic E-state index is 12.2. The average molecular weight is 301 g/mol. The normalized spacial score (nSPS) is 25.8. The molecule has 1 amide bonds. The number of amides is 1. The monoisotopic (exact) mass is 301 g/mol. The molecule has 114 valence electrons. The van der Waals surface area contributed by atoms with Crippen LogP contribution in [0.15, 0.2) is 0 Å². The summed E-state index contributed by atoms with van der Waals surface area (Å²) in [5, 5.41) is 9.59. The lowest BCUT2D eigenvalue weighted by Gasteiger charge is -2.37. The number of ether oxygens (including phenoxy) is 1. The zero-order valence-corrected chi connectivity index (χ0v) is 13.2. The molecule has 1 aliphatic heterocycles. The van der Waals surface area contributed by atoms with E-state index in [9.17, 15) is 14.7 Å². The third kappa shape index (κ3) is 3.05. The highest BCUT2D eigenvalue weighted by molar-refractivity contribution is 8.01. The van der Waals surface area contributed by atoms with Crippen LogP contribution in [0.25, 0.3) is 0 Å². The number of carbonyl (C=O) groups is 2. The highest BCUT2D eigenvalue weighted by Gasteiger charge is 2.54. The first-order valence-electron chi connectivity index (χ1n) is 7.12. The lowest BCUT2D eigenvalue weighted by atomic mass is 9.82. The molecule has 0 aromatic carbocycles. The fourth-order valence-electron chi connectivity index (χ4n) is 3.04. The van der Waals surface area contributed by atoms with E-state index in [1.807, 2.05) is 0 Å². The SMILES string of the molecule is CC(C)(C)OC(=O)N1CSC2(CCCCC2)[C@@H]1C(=O)O. The maximum Gasteiger partial charge on any atom is 0.411 e. The van der Waals surface area contributed by atoms with Gasteiger partial charge in [0.1, 0.15) is 11.6 Å². The smallest absolute Gasteiger partial charge is 0.411 e. The lowest BCUT2D eigenvalue weighted by molar-refractivity contribution is -0.143. The van der Waals surface area contributed by atoms with Crippen LogP contribution in [0, 0.1) is 0 Å². The molecular formula is C14H23NO4S. The van der Waals surface area contributed by atoms with Crippen molar-refractivity contribution in [2.24, 2.45) is 0 Å². The molecule has 0 unspecified atom stereocenters. The van der Waals surface area contributed by atoms with Gasteiger partial charge >= 0.3 is 12.1 Å². The first kappa shape index (κ1) is 15.5. The highest BCUT2D eigenvalue weighted by Crippen LogP contribution is 2.49. The van der Waals surface area contributed by atoms with Gasteiger partial charge in [-0.2, -0.15) is 0 Å². The van der Waals surface area contributed by atoms with E-state index in [2.05, 4.69) is 0 Å². The van der Waals surface area contributed by atoms with Gasteiger partial charge in [0.05, 0.1) is 5.88 Å². The second-order valence-corrected chi connectivity index (χ2v) is 7.95. The molecule has 2 aliphatic rings. The van der Waals surface area contributed by atoms with E-state index >= 15 is 0 Å². The molecule has 1 spiro atoms. The number of carboxylic acid groups (broad SMARTS) is 1. The van der Waals surface area contributed by atoms with Gasteiger partial charge in [-0.05, 0) is 33.6 Å². The van der Waals surface area contributed by atoms with Crippen molar-refractivity contribution in [1.29, 1.82) is 0 Å². The number of carbonyl (C=O) groups excluding carboxylic acids is 1. The number of hydrogen-bond acceptors (Lipinski definition) is 4. The van der Waals surface area contributed by atoms with Crippen molar-refractivity contribution in [1.82, 2.24) is 4.90 Å². The van der Waals surface area contributed by atoms with Crippen molar-refractivity contribution in [3.8, 4) is 0 Å². The van der Waals surface area contributed by atoms with Gasteiger partial charge in [0.15, 0.2) is 0 Å². The van der Waals surface area contributed by atoms with Crippen LogP contribution in [0.5, 0.6) is 0 Å². The van der Waals surface area contributed by atoms with Crippen LogP contribution in [-0.4, -0.2) is 44.3 Å². The summed E-state index contributed by atoms with van der Waals surface area (Å²) in [6.07, 6.45) is 4.46. The Hall–Kier alpha value is -0.910. The molecule has 20 heavy (non-hydrogen) atoms. The summed E-state index contributed by atoms with van der Waals surface area (Å²) in [5.41, 5.74) is -0.604. The largest absolute Gasteiger partial charge is 0.480 e. The summed E-state index contributed by atoms with van der Waals surface area (Å²) in [4.78, 5) is 25.3. The Morgan fingerprint density at radius 3 is 2.35 bits per heavy atom. The van der Waals surface area contributed by atoms with Crippen molar-refractivity contribution in [2.45, 2.75) is 69.3 Å². The van der Waals surface area contributed by atoms with Crippen LogP contribution in [-0.2, 0) is 9.53 Å². The Labute approximate surface area is 124 Å². The molecule has 0 radical (unpaired) electrons. The van der Waals surface area contributed by atoms with E-state index in [0.717, 1.165) is 32.1 Å². The van der Waals surface area contributed by atoms with Crippen molar-refractivity contribution in [2.75, 3.05) is 5.88 Å². The van der Waals surface area contributed by atoms with E-state index in [4.69, 9.17) is 4.74 Å². The molecule has 0 aromatic heterocycles. The molecule has 1 saturated carbocycles. The molecule has 0 bridgehead atoms. The molecule has 1 heterocycles. The van der Waals surface area contributed by atoms with Gasteiger partial charge < -0.3 is 9.84 Å². The van der Waals surface area contributed by atoms with E-state index in [-0.39, 0.29) is 4.75 Å². The van der Waals surface area contributed by atoms with Gasteiger partial charge in [0.2, 0.25) is 0 Å². The molecular weight excluding hydrogens is 278 g/mol.